The van der Waals surface area contributed by atoms with Gasteiger partial charge in [0.15, 0.2) is 11.5 Å². The average Bonchev–Trinajstić information content (AvgIpc) is 3.29. The lowest BCUT2D eigenvalue weighted by molar-refractivity contribution is -0.129. The van der Waals surface area contributed by atoms with Gasteiger partial charge in [0.2, 0.25) is 5.91 Å². The Balaban J connectivity index is 1.56. The van der Waals surface area contributed by atoms with Gasteiger partial charge in [-0.2, -0.15) is 0 Å². The molecule has 0 saturated carbocycles. The van der Waals surface area contributed by atoms with E-state index in [1.165, 1.54) is 6.92 Å². The fourth-order valence-electron chi connectivity index (χ4n) is 2.84. The molecule has 138 valence electrons. The van der Waals surface area contributed by atoms with Gasteiger partial charge in [-0.25, -0.2) is 0 Å². The van der Waals surface area contributed by atoms with Gasteiger partial charge in [-0.05, 0) is 25.5 Å². The van der Waals surface area contributed by atoms with Crippen molar-refractivity contribution in [3.63, 3.8) is 0 Å². The number of nitrogens with zero attached hydrogens (tertiary/aromatic N) is 4. The van der Waals surface area contributed by atoms with Crippen LogP contribution in [0.2, 0.25) is 0 Å². The summed E-state index contributed by atoms with van der Waals surface area (Å²) in [6, 6.07) is 5.30. The molecule has 1 aliphatic rings. The van der Waals surface area contributed by atoms with Crippen molar-refractivity contribution < 1.29 is 18.8 Å². The first-order valence-corrected chi connectivity index (χ1v) is 8.47. The molecular weight excluding hydrogens is 336 g/mol. The van der Waals surface area contributed by atoms with Gasteiger partial charge in [-0.1, -0.05) is 5.16 Å². The lowest BCUT2D eigenvalue weighted by atomic mass is 10.2. The number of carbonyl (C=O) groups excluding carboxylic acids is 2. The van der Waals surface area contributed by atoms with Crippen LogP contribution >= 0.6 is 0 Å². The van der Waals surface area contributed by atoms with E-state index in [0.29, 0.717) is 24.6 Å². The largest absolute Gasteiger partial charge is 0.484 e. The number of likely N-dealkylation sites (N-methyl/N-ethyl adjacent to an activating group) is 1. The zero-order valence-electron chi connectivity index (χ0n) is 15.1. The minimum absolute atomic E-state index is 0.00392. The predicted octanol–water partition coefficient (Wildman–Crippen LogP) is 1.65. The van der Waals surface area contributed by atoms with E-state index >= 15 is 0 Å². The summed E-state index contributed by atoms with van der Waals surface area (Å²) < 4.78 is 10.8. The Morgan fingerprint density at radius 3 is 2.92 bits per heavy atom. The summed E-state index contributed by atoms with van der Waals surface area (Å²) in [5.74, 6) is 0.882. The number of hydrogen-bond acceptors (Lipinski definition) is 6. The summed E-state index contributed by atoms with van der Waals surface area (Å²) in [4.78, 5) is 31.5. The smallest absolute Gasteiger partial charge is 0.276 e. The molecule has 8 heteroatoms. The Hall–Kier alpha value is -2.90. The second-order valence-corrected chi connectivity index (χ2v) is 6.43. The maximum Gasteiger partial charge on any atom is 0.276 e. The molecule has 0 aromatic carbocycles. The van der Waals surface area contributed by atoms with Crippen LogP contribution in [-0.4, -0.2) is 57.9 Å². The molecule has 26 heavy (non-hydrogen) atoms. The van der Waals surface area contributed by atoms with Crippen LogP contribution in [0.15, 0.2) is 28.9 Å². The first-order valence-electron chi connectivity index (χ1n) is 8.47. The Bertz CT molecular complexity index is 787. The first-order chi connectivity index (χ1) is 12.4. The van der Waals surface area contributed by atoms with Crippen LogP contribution < -0.4 is 4.74 Å². The molecule has 1 fully saturated rings. The molecule has 1 atom stereocenters. The topological polar surface area (TPSA) is 88.8 Å². The molecule has 1 aliphatic heterocycles. The highest BCUT2D eigenvalue weighted by Crippen LogP contribution is 2.18. The molecule has 8 nitrogen and oxygen atoms in total. The minimum Gasteiger partial charge on any atom is -0.484 e. The summed E-state index contributed by atoms with van der Waals surface area (Å²) in [6.07, 6.45) is 2.39. The number of aromatic nitrogens is 2. The van der Waals surface area contributed by atoms with Gasteiger partial charge in [-0.15, -0.1) is 0 Å². The van der Waals surface area contributed by atoms with Gasteiger partial charge < -0.3 is 19.1 Å². The van der Waals surface area contributed by atoms with E-state index < -0.39 is 0 Å². The molecule has 1 saturated heterocycles. The monoisotopic (exact) mass is 358 g/mol. The van der Waals surface area contributed by atoms with E-state index in [1.54, 1.807) is 29.1 Å². The number of pyridine rings is 1. The van der Waals surface area contributed by atoms with Crippen LogP contribution in [0.1, 0.15) is 35.3 Å². The number of likely N-dealkylation sites (tertiary alicyclic amines) is 1. The molecule has 1 unspecified atom stereocenters. The van der Waals surface area contributed by atoms with Crippen LogP contribution in [-0.2, 0) is 11.4 Å². The SMILES string of the molecule is CC(=O)N(C)C1CCN(C(=O)c2cc(COc3ccc(C)nc3)on2)C1. The van der Waals surface area contributed by atoms with Gasteiger partial charge in [0.25, 0.3) is 5.91 Å². The van der Waals surface area contributed by atoms with Crippen molar-refractivity contribution in [1.82, 2.24) is 19.9 Å². The van der Waals surface area contributed by atoms with Crippen molar-refractivity contribution in [3.8, 4) is 5.75 Å². The summed E-state index contributed by atoms with van der Waals surface area (Å²) in [5.41, 5.74) is 1.15. The van der Waals surface area contributed by atoms with Crippen LogP contribution in [0.4, 0.5) is 0 Å². The van der Waals surface area contributed by atoms with Crippen molar-refractivity contribution in [1.29, 1.82) is 0 Å². The zero-order chi connectivity index (χ0) is 18.7. The van der Waals surface area contributed by atoms with E-state index in [0.717, 1.165) is 12.1 Å². The van der Waals surface area contributed by atoms with Crippen molar-refractivity contribution in [2.24, 2.45) is 0 Å². The van der Waals surface area contributed by atoms with Gasteiger partial charge in [0.05, 0.1) is 12.2 Å². The van der Waals surface area contributed by atoms with E-state index in [-0.39, 0.29) is 30.2 Å². The molecule has 2 amide bonds. The zero-order valence-corrected chi connectivity index (χ0v) is 15.1. The summed E-state index contributed by atoms with van der Waals surface area (Å²) in [6.45, 7) is 4.69. The summed E-state index contributed by atoms with van der Waals surface area (Å²) >= 11 is 0. The van der Waals surface area contributed by atoms with E-state index in [2.05, 4.69) is 10.1 Å². The normalized spacial score (nSPS) is 16.6. The highest BCUT2D eigenvalue weighted by Gasteiger charge is 2.31. The maximum absolute atomic E-state index is 12.6. The minimum atomic E-state index is -0.198. The highest BCUT2D eigenvalue weighted by atomic mass is 16.5. The Labute approximate surface area is 151 Å². The number of aryl methyl sites for hydroxylation is 1. The Morgan fingerprint density at radius 2 is 2.23 bits per heavy atom. The molecular formula is C18H22N4O4. The Kier molecular flexibility index (Phi) is 5.20. The fraction of sp³-hybridized carbons (Fsp3) is 0.444. The van der Waals surface area contributed by atoms with Crippen LogP contribution in [0.25, 0.3) is 0 Å². The molecule has 0 bridgehead atoms. The third-order valence-corrected chi connectivity index (χ3v) is 4.54. The maximum atomic E-state index is 12.6. The average molecular weight is 358 g/mol. The molecule has 3 rings (SSSR count). The van der Waals surface area contributed by atoms with Crippen molar-refractivity contribution in [2.75, 3.05) is 20.1 Å². The molecule has 2 aromatic heterocycles. The van der Waals surface area contributed by atoms with Gasteiger partial charge in [0.1, 0.15) is 12.4 Å². The number of amides is 2. The van der Waals surface area contributed by atoms with E-state index in [1.807, 2.05) is 19.1 Å². The van der Waals surface area contributed by atoms with Gasteiger partial charge in [-0.3, -0.25) is 14.6 Å². The fourth-order valence-corrected chi connectivity index (χ4v) is 2.84. The van der Waals surface area contributed by atoms with Gasteiger partial charge in [0, 0.05) is 38.8 Å². The van der Waals surface area contributed by atoms with Crippen LogP contribution in [0, 0.1) is 6.92 Å². The Morgan fingerprint density at radius 1 is 1.42 bits per heavy atom. The van der Waals surface area contributed by atoms with E-state index in [4.69, 9.17) is 9.26 Å². The molecule has 0 aliphatic carbocycles. The summed E-state index contributed by atoms with van der Waals surface area (Å²) in [7, 11) is 1.76. The number of ether oxygens (including phenoxy) is 1. The van der Waals surface area contributed by atoms with Crippen molar-refractivity contribution in [2.45, 2.75) is 32.9 Å². The lowest BCUT2D eigenvalue weighted by Crippen LogP contribution is -2.39. The van der Waals surface area contributed by atoms with E-state index in [9.17, 15) is 9.59 Å². The lowest BCUT2D eigenvalue weighted by Gasteiger charge is -2.23. The summed E-state index contributed by atoms with van der Waals surface area (Å²) in [5, 5.41) is 3.85. The van der Waals surface area contributed by atoms with Crippen LogP contribution in [0.5, 0.6) is 5.75 Å². The molecule has 0 radical (unpaired) electrons. The highest BCUT2D eigenvalue weighted by molar-refractivity contribution is 5.92. The third kappa shape index (κ3) is 4.01. The second-order valence-electron chi connectivity index (χ2n) is 6.43. The molecule has 0 N–H and O–H groups in total. The van der Waals surface area contributed by atoms with Crippen LogP contribution in [0.3, 0.4) is 0 Å². The quantitative estimate of drug-likeness (QED) is 0.807. The first kappa shape index (κ1) is 17.9. The second kappa shape index (κ2) is 7.55. The third-order valence-electron chi connectivity index (χ3n) is 4.54. The van der Waals surface area contributed by atoms with Crippen molar-refractivity contribution in [3.05, 3.63) is 41.5 Å². The van der Waals surface area contributed by atoms with Gasteiger partial charge >= 0.3 is 0 Å². The number of hydrogen-bond donors (Lipinski definition) is 0. The number of carbonyl (C=O) groups is 2. The molecule has 0 spiro atoms. The standard InChI is InChI=1S/C18H22N4O4/c1-12-4-5-15(9-19-12)25-11-16-8-17(20-26-16)18(24)22-7-6-14(10-22)21(3)13(2)23/h4-5,8-9,14H,6-7,10-11H2,1-3H3. The predicted molar refractivity (Wildman–Crippen MR) is 92.6 cm³/mol. The molecule has 3 heterocycles. The number of rotatable bonds is 5. The van der Waals surface area contributed by atoms with Crippen molar-refractivity contribution >= 4 is 11.8 Å². The molecule has 2 aromatic rings.